The van der Waals surface area contributed by atoms with E-state index < -0.39 is 5.60 Å². The van der Waals surface area contributed by atoms with Gasteiger partial charge in [0.25, 0.3) is 0 Å². The first-order chi connectivity index (χ1) is 7.04. The molecule has 0 amide bonds. The topological polar surface area (TPSA) is 36.4 Å². The number of hydrogen-bond acceptors (Lipinski definition) is 3. The van der Waals surface area contributed by atoms with Gasteiger partial charge in [0.2, 0.25) is 0 Å². The van der Waals surface area contributed by atoms with Gasteiger partial charge in [0.15, 0.2) is 0 Å². The lowest BCUT2D eigenvalue weighted by molar-refractivity contribution is 0.00800. The van der Waals surface area contributed by atoms with Crippen LogP contribution in [0.1, 0.15) is 18.9 Å². The molecule has 1 fully saturated rings. The molecule has 2 heterocycles. The minimum Gasteiger partial charge on any atom is -0.386 e. The van der Waals surface area contributed by atoms with Crippen LogP contribution < -0.4 is 4.90 Å². The van der Waals surface area contributed by atoms with Crippen LogP contribution >= 0.6 is 15.9 Å². The van der Waals surface area contributed by atoms with Gasteiger partial charge < -0.3 is 10.0 Å². The van der Waals surface area contributed by atoms with Crippen LogP contribution in [0, 0.1) is 6.92 Å². The second-order valence-electron chi connectivity index (χ2n) is 4.23. The van der Waals surface area contributed by atoms with Crippen molar-refractivity contribution in [2.75, 3.05) is 18.0 Å². The molecule has 15 heavy (non-hydrogen) atoms. The van der Waals surface area contributed by atoms with Crippen LogP contribution in [0.15, 0.2) is 16.7 Å². The third-order valence-corrected chi connectivity index (χ3v) is 3.38. The maximum Gasteiger partial charge on any atom is 0.131 e. The van der Waals surface area contributed by atoms with Crippen molar-refractivity contribution in [3.63, 3.8) is 0 Å². The van der Waals surface area contributed by atoms with Crippen molar-refractivity contribution in [2.24, 2.45) is 0 Å². The molecule has 1 aromatic heterocycles. The van der Waals surface area contributed by atoms with Crippen molar-refractivity contribution < 1.29 is 5.11 Å². The van der Waals surface area contributed by atoms with E-state index in [1.54, 1.807) is 6.20 Å². The summed E-state index contributed by atoms with van der Waals surface area (Å²) < 4.78 is 0.995. The Bertz CT molecular complexity index is 375. The van der Waals surface area contributed by atoms with Gasteiger partial charge in [-0.05, 0) is 40.9 Å². The Kier molecular flexibility index (Phi) is 2.73. The Hall–Kier alpha value is -0.610. The monoisotopic (exact) mass is 270 g/mol. The van der Waals surface area contributed by atoms with Crippen LogP contribution in [-0.2, 0) is 0 Å². The molecule has 3 nitrogen and oxygen atoms in total. The van der Waals surface area contributed by atoms with Gasteiger partial charge in [-0.3, -0.25) is 0 Å². The van der Waals surface area contributed by atoms with E-state index >= 15 is 0 Å². The van der Waals surface area contributed by atoms with Crippen molar-refractivity contribution in [3.05, 3.63) is 22.3 Å². The van der Waals surface area contributed by atoms with Crippen molar-refractivity contribution >= 4 is 21.7 Å². The second-order valence-corrected chi connectivity index (χ2v) is 5.14. The number of β-amino-alcohol motifs (C(OH)–C–C–N with tert-alkyl or cyclic N) is 1. The summed E-state index contributed by atoms with van der Waals surface area (Å²) in [5, 5.41) is 9.92. The van der Waals surface area contributed by atoms with Crippen LogP contribution in [0.5, 0.6) is 0 Å². The summed E-state index contributed by atoms with van der Waals surface area (Å²) in [4.78, 5) is 6.48. The summed E-state index contributed by atoms with van der Waals surface area (Å²) in [6, 6.07) is 2.05. The number of aliphatic hydroxyl groups is 1. The predicted octanol–water partition coefficient (Wildman–Crippen LogP) is 2.11. The molecular formula is C11H15BrN2O. The summed E-state index contributed by atoms with van der Waals surface area (Å²) in [6.45, 7) is 5.44. The molecule has 82 valence electrons. The van der Waals surface area contributed by atoms with Crippen molar-refractivity contribution in [1.29, 1.82) is 0 Å². The van der Waals surface area contributed by atoms with E-state index in [2.05, 4.69) is 25.8 Å². The first kappa shape index (κ1) is 10.9. The van der Waals surface area contributed by atoms with Gasteiger partial charge in [0.05, 0.1) is 5.60 Å². The van der Waals surface area contributed by atoms with Gasteiger partial charge in [0, 0.05) is 23.8 Å². The van der Waals surface area contributed by atoms with Crippen LogP contribution in [0.4, 0.5) is 5.82 Å². The van der Waals surface area contributed by atoms with Crippen molar-refractivity contribution in [1.82, 2.24) is 4.98 Å². The molecule has 0 atom stereocenters. The summed E-state index contributed by atoms with van der Waals surface area (Å²) in [7, 11) is 0. The summed E-state index contributed by atoms with van der Waals surface area (Å²) in [5.74, 6) is 0.983. The summed E-state index contributed by atoms with van der Waals surface area (Å²) >= 11 is 3.39. The van der Waals surface area contributed by atoms with E-state index in [1.807, 2.05) is 19.9 Å². The Morgan fingerprint density at radius 1 is 1.60 bits per heavy atom. The smallest absolute Gasteiger partial charge is 0.131 e. The molecule has 0 saturated carbocycles. The maximum absolute atomic E-state index is 9.92. The highest BCUT2D eigenvalue weighted by Gasteiger charge is 2.40. The number of anilines is 1. The maximum atomic E-state index is 9.92. The number of hydrogen-bond donors (Lipinski definition) is 1. The highest BCUT2D eigenvalue weighted by Crippen LogP contribution is 2.31. The summed E-state index contributed by atoms with van der Waals surface area (Å²) in [6.07, 6.45) is 2.60. The molecule has 0 unspecified atom stereocenters. The van der Waals surface area contributed by atoms with Gasteiger partial charge in [-0.1, -0.05) is 6.92 Å². The molecular weight excluding hydrogens is 256 g/mol. The number of aromatic nitrogens is 1. The van der Waals surface area contributed by atoms with E-state index in [0.29, 0.717) is 13.1 Å². The largest absolute Gasteiger partial charge is 0.386 e. The SMILES string of the molecule is CCC1(O)CN(c2ncc(Br)cc2C)C1. The average molecular weight is 271 g/mol. The Morgan fingerprint density at radius 2 is 2.27 bits per heavy atom. The first-order valence-electron chi connectivity index (χ1n) is 5.13. The standard InChI is InChI=1S/C11H15BrN2O/c1-3-11(15)6-14(7-11)10-8(2)4-9(12)5-13-10/h4-5,15H,3,6-7H2,1-2H3. The second kappa shape index (κ2) is 3.76. The quantitative estimate of drug-likeness (QED) is 0.895. The molecule has 1 aliphatic rings. The molecule has 0 aliphatic carbocycles. The van der Waals surface area contributed by atoms with E-state index in [1.165, 1.54) is 0 Å². The fraction of sp³-hybridized carbons (Fsp3) is 0.545. The average Bonchev–Trinajstić information content (AvgIpc) is 2.14. The lowest BCUT2D eigenvalue weighted by Crippen LogP contribution is -2.62. The van der Waals surface area contributed by atoms with Gasteiger partial charge in [-0.2, -0.15) is 0 Å². The zero-order valence-corrected chi connectivity index (χ0v) is 10.6. The summed E-state index contributed by atoms with van der Waals surface area (Å²) in [5.41, 5.74) is 0.642. The Labute approximate surface area is 98.3 Å². The van der Waals surface area contributed by atoms with Gasteiger partial charge in [0.1, 0.15) is 5.82 Å². The highest BCUT2D eigenvalue weighted by molar-refractivity contribution is 9.10. The molecule has 2 rings (SSSR count). The van der Waals surface area contributed by atoms with E-state index in [0.717, 1.165) is 22.3 Å². The van der Waals surface area contributed by atoms with E-state index in [-0.39, 0.29) is 0 Å². The first-order valence-corrected chi connectivity index (χ1v) is 5.93. The molecule has 1 N–H and O–H groups in total. The Balaban J connectivity index is 2.13. The number of nitrogens with zero attached hydrogens (tertiary/aromatic N) is 2. The third-order valence-electron chi connectivity index (χ3n) is 2.95. The van der Waals surface area contributed by atoms with Crippen molar-refractivity contribution in [3.8, 4) is 0 Å². The van der Waals surface area contributed by atoms with Gasteiger partial charge >= 0.3 is 0 Å². The van der Waals surface area contributed by atoms with Gasteiger partial charge in [-0.25, -0.2) is 4.98 Å². The molecule has 0 radical (unpaired) electrons. The van der Waals surface area contributed by atoms with E-state index in [4.69, 9.17) is 0 Å². The van der Waals surface area contributed by atoms with Crippen molar-refractivity contribution in [2.45, 2.75) is 25.9 Å². The van der Waals surface area contributed by atoms with E-state index in [9.17, 15) is 5.11 Å². The Morgan fingerprint density at radius 3 is 2.80 bits per heavy atom. The molecule has 1 aromatic rings. The van der Waals surface area contributed by atoms with Crippen LogP contribution in [0.3, 0.4) is 0 Å². The molecule has 1 aliphatic heterocycles. The van der Waals surface area contributed by atoms with Gasteiger partial charge in [-0.15, -0.1) is 0 Å². The lowest BCUT2D eigenvalue weighted by Gasteiger charge is -2.47. The number of rotatable bonds is 2. The predicted molar refractivity (Wildman–Crippen MR) is 64.1 cm³/mol. The molecule has 0 aromatic carbocycles. The minimum absolute atomic E-state index is 0.499. The zero-order valence-electron chi connectivity index (χ0n) is 9.00. The molecule has 1 saturated heterocycles. The van der Waals surface area contributed by atoms with Crippen LogP contribution in [-0.4, -0.2) is 28.8 Å². The minimum atomic E-state index is -0.499. The van der Waals surface area contributed by atoms with Crippen LogP contribution in [0.2, 0.25) is 0 Å². The molecule has 0 bridgehead atoms. The highest BCUT2D eigenvalue weighted by atomic mass is 79.9. The number of aryl methyl sites for hydroxylation is 1. The third kappa shape index (κ3) is 2.01. The molecule has 4 heteroatoms. The zero-order chi connectivity index (χ0) is 11.1. The molecule has 0 spiro atoms. The number of pyridine rings is 1. The lowest BCUT2D eigenvalue weighted by atomic mass is 9.91. The van der Waals surface area contributed by atoms with Crippen LogP contribution in [0.25, 0.3) is 0 Å². The fourth-order valence-corrected chi connectivity index (χ4v) is 2.35. The fourth-order valence-electron chi connectivity index (χ4n) is 1.90. The normalized spacial score (nSPS) is 18.8. The number of halogens is 1.